The summed E-state index contributed by atoms with van der Waals surface area (Å²) in [5, 5.41) is 12.6. The molecule has 0 saturated carbocycles. The summed E-state index contributed by atoms with van der Waals surface area (Å²) in [6, 6.07) is 16.4. The number of aromatic nitrogens is 2. The number of nitrogens with two attached hydrogens (primary N) is 1. The lowest BCUT2D eigenvalue weighted by Gasteiger charge is -2.26. The largest absolute Gasteiger partial charge is 0.444 e. The van der Waals surface area contributed by atoms with Gasteiger partial charge in [-0.25, -0.2) is 14.8 Å². The molecule has 2 atom stereocenters. The molecule has 5 N–H and O–H groups in total. The highest BCUT2D eigenvalue weighted by Crippen LogP contribution is 2.47. The number of amides is 3. The third-order valence-electron chi connectivity index (χ3n) is 8.88. The lowest BCUT2D eigenvalue weighted by Crippen LogP contribution is -2.41. The number of ether oxygens (including phenoxy) is 1. The van der Waals surface area contributed by atoms with Gasteiger partial charge in [0.1, 0.15) is 25.6 Å². The van der Waals surface area contributed by atoms with E-state index in [0.717, 1.165) is 85.4 Å². The van der Waals surface area contributed by atoms with Crippen LogP contribution < -0.4 is 21.7 Å². The summed E-state index contributed by atoms with van der Waals surface area (Å²) in [6.07, 6.45) is 4.80. The fourth-order valence-corrected chi connectivity index (χ4v) is 11.7. The van der Waals surface area contributed by atoms with Gasteiger partial charge in [0.05, 0.1) is 20.4 Å². The molecule has 14 heteroatoms. The quantitative estimate of drug-likeness (QED) is 0.136. The lowest BCUT2D eigenvalue weighted by atomic mass is 9.92. The van der Waals surface area contributed by atoms with Gasteiger partial charge in [-0.3, -0.25) is 9.59 Å². The molecule has 53 heavy (non-hydrogen) atoms. The zero-order valence-corrected chi connectivity index (χ0v) is 33.5. The fourth-order valence-electron chi connectivity index (χ4n) is 6.70. The summed E-state index contributed by atoms with van der Waals surface area (Å²) in [5.74, 6) is -0.144. The van der Waals surface area contributed by atoms with Crippen molar-refractivity contribution in [3.63, 3.8) is 0 Å². The van der Waals surface area contributed by atoms with Gasteiger partial charge in [0, 0.05) is 53.2 Å². The molecule has 8 rings (SSSR count). The first-order chi connectivity index (χ1) is 25.3. The number of anilines is 2. The molecule has 0 bridgehead atoms. The van der Waals surface area contributed by atoms with Gasteiger partial charge in [-0.05, 0) is 88.3 Å². The van der Waals surface area contributed by atoms with E-state index in [0.29, 0.717) is 0 Å². The number of hydrogen-bond acceptors (Lipinski definition) is 11. The van der Waals surface area contributed by atoms with Crippen molar-refractivity contribution in [2.75, 3.05) is 10.6 Å². The number of alkyl carbamates (subject to hydrolysis) is 1. The standard InChI is InChI=1S/C22H25N3O3S2.C17H17N3OS2/c1-12(26)23-19-18(20-25-15-7-5-6-8-16(15)29-20)14-10-9-13(11-17(14)30-19)24-21(27)28-22(2,3)4;1-9(21)19-16-15(11-7-6-10(18)8-14(11)23-16)17-20-12-4-2-3-5-13(12)22-17/h5-8,13H,9-11H2,1-4H3,(H,23,26)(H,24,27);2-5,10H,6-8,18H2,1H3,(H,19,21). The number of carbonyl (C=O) groups is 3. The Morgan fingerprint density at radius 1 is 0.736 bits per heavy atom. The molecule has 0 aliphatic heterocycles. The minimum Gasteiger partial charge on any atom is -0.444 e. The zero-order chi connectivity index (χ0) is 37.4. The number of rotatable bonds is 5. The first-order valence-electron chi connectivity index (χ1n) is 17.6. The molecule has 4 aromatic heterocycles. The summed E-state index contributed by atoms with van der Waals surface area (Å²) >= 11 is 6.56. The van der Waals surface area contributed by atoms with Crippen LogP contribution in [0.4, 0.5) is 14.8 Å². The molecule has 0 radical (unpaired) electrons. The van der Waals surface area contributed by atoms with E-state index >= 15 is 0 Å². The molecule has 0 spiro atoms. The Bertz CT molecular complexity index is 2260. The van der Waals surface area contributed by atoms with E-state index < -0.39 is 5.60 Å². The molecule has 0 saturated heterocycles. The third kappa shape index (κ3) is 8.47. The van der Waals surface area contributed by atoms with Gasteiger partial charge in [0.15, 0.2) is 0 Å². The highest BCUT2D eigenvalue weighted by Gasteiger charge is 2.30. The molecule has 2 unspecified atom stereocenters. The Labute approximate surface area is 324 Å². The number of nitrogens with one attached hydrogen (secondary N) is 3. The Balaban J connectivity index is 0.000000170. The number of hydrogen-bond donors (Lipinski definition) is 4. The van der Waals surface area contributed by atoms with Crippen LogP contribution in [-0.4, -0.2) is 45.6 Å². The number of nitrogens with zero attached hydrogens (tertiary/aromatic N) is 2. The third-order valence-corrected chi connectivity index (χ3v) is 13.3. The molecule has 2 aliphatic carbocycles. The van der Waals surface area contributed by atoms with Crippen molar-refractivity contribution in [2.24, 2.45) is 5.73 Å². The van der Waals surface area contributed by atoms with Gasteiger partial charge in [-0.2, -0.15) is 0 Å². The second kappa shape index (κ2) is 15.3. The molecule has 10 nitrogen and oxygen atoms in total. The Hall–Kier alpha value is -4.21. The average molecular weight is 787 g/mol. The van der Waals surface area contributed by atoms with Crippen LogP contribution in [0.15, 0.2) is 48.5 Å². The van der Waals surface area contributed by atoms with Gasteiger partial charge in [0.25, 0.3) is 0 Å². The van der Waals surface area contributed by atoms with Crippen LogP contribution in [0, 0.1) is 0 Å². The maximum absolute atomic E-state index is 12.2. The Kier molecular flexibility index (Phi) is 10.7. The van der Waals surface area contributed by atoms with Crippen molar-refractivity contribution in [2.45, 2.75) is 90.8 Å². The molecule has 2 aliphatic rings. The summed E-state index contributed by atoms with van der Waals surface area (Å²) in [6.45, 7) is 8.64. The van der Waals surface area contributed by atoms with E-state index in [1.165, 1.54) is 32.5 Å². The Morgan fingerprint density at radius 3 is 1.72 bits per heavy atom. The smallest absolute Gasteiger partial charge is 0.407 e. The fraction of sp³-hybridized carbons (Fsp3) is 0.359. The van der Waals surface area contributed by atoms with Crippen LogP contribution in [0.5, 0.6) is 0 Å². The molecule has 276 valence electrons. The zero-order valence-electron chi connectivity index (χ0n) is 30.3. The number of fused-ring (bicyclic) bond motifs is 4. The van der Waals surface area contributed by atoms with E-state index in [1.807, 2.05) is 57.2 Å². The molecule has 6 aromatic rings. The van der Waals surface area contributed by atoms with Crippen LogP contribution in [0.3, 0.4) is 0 Å². The number of benzene rings is 2. The summed E-state index contributed by atoms with van der Waals surface area (Å²) < 4.78 is 7.70. The van der Waals surface area contributed by atoms with Crippen molar-refractivity contribution < 1.29 is 19.1 Å². The summed E-state index contributed by atoms with van der Waals surface area (Å²) in [4.78, 5) is 47.7. The summed E-state index contributed by atoms with van der Waals surface area (Å²) in [5.41, 5.74) is 12.2. The van der Waals surface area contributed by atoms with E-state index in [4.69, 9.17) is 20.4 Å². The predicted molar refractivity (Wildman–Crippen MR) is 220 cm³/mol. The van der Waals surface area contributed by atoms with Crippen LogP contribution >= 0.6 is 45.3 Å². The average Bonchev–Trinajstić information content (AvgIpc) is 3.84. The molecule has 3 amide bonds. The van der Waals surface area contributed by atoms with Crippen LogP contribution in [-0.2, 0) is 40.0 Å². The van der Waals surface area contributed by atoms with Gasteiger partial charge in [-0.15, -0.1) is 45.3 Å². The molecular formula is C39H42N6O4S4. The van der Waals surface area contributed by atoms with Crippen LogP contribution in [0.1, 0.15) is 68.3 Å². The van der Waals surface area contributed by atoms with Crippen molar-refractivity contribution in [3.05, 3.63) is 69.4 Å². The normalized spacial score (nSPS) is 16.6. The monoisotopic (exact) mass is 786 g/mol. The minimum atomic E-state index is -0.522. The Morgan fingerprint density at radius 2 is 1.23 bits per heavy atom. The number of carbonyl (C=O) groups excluding carboxylic acids is 3. The lowest BCUT2D eigenvalue weighted by molar-refractivity contribution is -0.115. The maximum atomic E-state index is 12.2. The van der Waals surface area contributed by atoms with Gasteiger partial charge >= 0.3 is 6.09 Å². The number of para-hydroxylation sites is 2. The highest BCUT2D eigenvalue weighted by atomic mass is 32.1. The molecule has 4 heterocycles. The first kappa shape index (κ1) is 37.1. The van der Waals surface area contributed by atoms with Crippen molar-refractivity contribution in [1.29, 1.82) is 0 Å². The topological polar surface area (TPSA) is 148 Å². The number of thiazole rings is 2. The molecular weight excluding hydrogens is 745 g/mol. The molecule has 0 fully saturated rings. The van der Waals surface area contributed by atoms with Crippen LogP contribution in [0.25, 0.3) is 41.6 Å². The SMILES string of the molecule is CC(=O)Nc1sc2c(c1-c1nc3ccccc3s1)CCC(N)C2.CC(=O)Nc1sc2c(c1-c1nc3ccccc3s1)CCC(NC(=O)OC(C)(C)C)C2. The first-order valence-corrected chi connectivity index (χ1v) is 20.9. The molecule has 2 aromatic carbocycles. The number of thiophene rings is 2. The van der Waals surface area contributed by atoms with Crippen molar-refractivity contribution >= 4 is 93.7 Å². The van der Waals surface area contributed by atoms with E-state index in [9.17, 15) is 14.4 Å². The second-order valence-corrected chi connectivity index (χ2v) is 18.6. The van der Waals surface area contributed by atoms with E-state index in [-0.39, 0.29) is 30.0 Å². The van der Waals surface area contributed by atoms with E-state index in [1.54, 1.807) is 52.3 Å². The van der Waals surface area contributed by atoms with Crippen molar-refractivity contribution in [3.8, 4) is 21.1 Å². The predicted octanol–water partition coefficient (Wildman–Crippen LogP) is 9.16. The second-order valence-electron chi connectivity index (χ2n) is 14.3. The highest BCUT2D eigenvalue weighted by molar-refractivity contribution is 7.23. The minimum absolute atomic E-state index is 0.0133. The van der Waals surface area contributed by atoms with Gasteiger partial charge in [-0.1, -0.05) is 24.3 Å². The van der Waals surface area contributed by atoms with Gasteiger partial charge < -0.3 is 26.4 Å². The van der Waals surface area contributed by atoms with Crippen molar-refractivity contribution in [1.82, 2.24) is 15.3 Å². The van der Waals surface area contributed by atoms with Crippen LogP contribution in [0.2, 0.25) is 0 Å². The van der Waals surface area contributed by atoms with E-state index in [2.05, 4.69) is 28.1 Å². The summed E-state index contributed by atoms with van der Waals surface area (Å²) in [7, 11) is 0. The maximum Gasteiger partial charge on any atom is 0.407 e. The van der Waals surface area contributed by atoms with Gasteiger partial charge in [0.2, 0.25) is 11.8 Å².